The minimum atomic E-state index is -0.322. The molecule has 1 N–H and O–H groups in total. The maximum atomic E-state index is 13.9. The highest BCUT2D eigenvalue weighted by Crippen LogP contribution is 2.30. The lowest BCUT2D eigenvalue weighted by atomic mass is 9.97. The lowest BCUT2D eigenvalue weighted by Gasteiger charge is -2.33. The minimum Gasteiger partial charge on any atom is -0.469 e. The van der Waals surface area contributed by atoms with Gasteiger partial charge in [0.05, 0.1) is 26.2 Å². The largest absolute Gasteiger partial charge is 0.469 e. The van der Waals surface area contributed by atoms with E-state index < -0.39 is 0 Å². The number of piperidine rings is 1. The van der Waals surface area contributed by atoms with Crippen LogP contribution in [-0.4, -0.2) is 50.4 Å². The fraction of sp³-hybridized carbons (Fsp3) is 0.579. The summed E-state index contributed by atoms with van der Waals surface area (Å²) in [4.78, 5) is 18.5. The van der Waals surface area contributed by atoms with Crippen molar-refractivity contribution in [1.29, 1.82) is 0 Å². The Morgan fingerprint density at radius 1 is 1.41 bits per heavy atom. The molecule has 8 heteroatoms. The first-order valence-corrected chi connectivity index (χ1v) is 9.25. The van der Waals surface area contributed by atoms with E-state index in [-0.39, 0.29) is 24.5 Å². The Hall–Kier alpha value is -2.35. The molecule has 0 atom stereocenters. The number of methoxy groups -OCH3 is 1. The van der Waals surface area contributed by atoms with Gasteiger partial charge < -0.3 is 24.4 Å². The van der Waals surface area contributed by atoms with Crippen LogP contribution in [0.15, 0.2) is 17.1 Å². The minimum absolute atomic E-state index is 0.0576. The number of hydrogen-bond acceptors (Lipinski definition) is 5. The number of benzene rings is 1. The lowest BCUT2D eigenvalue weighted by molar-refractivity contribution is -0.146. The number of carbonyl (C=O) groups is 1. The van der Waals surface area contributed by atoms with Gasteiger partial charge in [0.2, 0.25) is 0 Å². The molecule has 148 valence electrons. The van der Waals surface area contributed by atoms with Crippen LogP contribution in [0, 0.1) is 11.7 Å². The van der Waals surface area contributed by atoms with Gasteiger partial charge in [-0.05, 0) is 31.9 Å². The summed E-state index contributed by atoms with van der Waals surface area (Å²) in [5.74, 6) is 0.884. The highest BCUT2D eigenvalue weighted by molar-refractivity contribution is 5.80. The van der Waals surface area contributed by atoms with Gasteiger partial charge in [0.1, 0.15) is 11.6 Å². The molecule has 0 saturated carbocycles. The van der Waals surface area contributed by atoms with Gasteiger partial charge in [-0.3, -0.25) is 4.79 Å². The molecule has 0 radical (unpaired) electrons. The van der Waals surface area contributed by atoms with E-state index in [1.165, 1.54) is 19.2 Å². The maximum Gasteiger partial charge on any atom is 0.308 e. The maximum absolute atomic E-state index is 13.9. The molecule has 1 aromatic carbocycles. The van der Waals surface area contributed by atoms with E-state index in [0.717, 1.165) is 38.4 Å². The van der Waals surface area contributed by atoms with Crippen molar-refractivity contribution in [1.82, 2.24) is 10.2 Å². The second-order valence-corrected chi connectivity index (χ2v) is 6.62. The normalized spacial score (nSPS) is 17.9. The van der Waals surface area contributed by atoms with Crippen molar-refractivity contribution in [2.75, 3.05) is 33.5 Å². The molecule has 0 amide bonds. The summed E-state index contributed by atoms with van der Waals surface area (Å²) < 4.78 is 29.5. The Balaban J connectivity index is 1.72. The molecule has 0 bridgehead atoms. The van der Waals surface area contributed by atoms with Crippen molar-refractivity contribution in [3.63, 3.8) is 0 Å². The van der Waals surface area contributed by atoms with E-state index >= 15 is 0 Å². The molecule has 1 aromatic rings. The van der Waals surface area contributed by atoms with Crippen LogP contribution < -0.4 is 10.1 Å². The summed E-state index contributed by atoms with van der Waals surface area (Å²) in [7, 11) is 1.42. The van der Waals surface area contributed by atoms with Gasteiger partial charge >= 0.3 is 5.97 Å². The van der Waals surface area contributed by atoms with E-state index in [9.17, 15) is 9.18 Å². The molecule has 3 rings (SSSR count). The smallest absolute Gasteiger partial charge is 0.308 e. The van der Waals surface area contributed by atoms with Crippen LogP contribution in [0.5, 0.6) is 5.75 Å². The monoisotopic (exact) mass is 379 g/mol. The number of hydrogen-bond donors (Lipinski definition) is 1. The predicted molar refractivity (Wildman–Crippen MR) is 97.8 cm³/mol. The van der Waals surface area contributed by atoms with Crippen LogP contribution in [0.4, 0.5) is 4.39 Å². The summed E-state index contributed by atoms with van der Waals surface area (Å²) in [6.45, 7) is 4.97. The summed E-state index contributed by atoms with van der Waals surface area (Å²) >= 11 is 0. The van der Waals surface area contributed by atoms with Gasteiger partial charge in [-0.2, -0.15) is 0 Å². The number of nitrogens with zero attached hydrogens (tertiary/aromatic N) is 2. The third-order valence-electron chi connectivity index (χ3n) is 4.81. The van der Waals surface area contributed by atoms with E-state index in [2.05, 4.69) is 15.2 Å². The van der Waals surface area contributed by atoms with Crippen LogP contribution in [0.2, 0.25) is 0 Å². The van der Waals surface area contributed by atoms with Crippen LogP contribution in [0.25, 0.3) is 0 Å². The highest BCUT2D eigenvalue weighted by Gasteiger charge is 2.27. The van der Waals surface area contributed by atoms with Crippen molar-refractivity contribution in [3.05, 3.63) is 29.1 Å². The number of esters is 1. The molecule has 1 fully saturated rings. The van der Waals surface area contributed by atoms with Crippen molar-refractivity contribution >= 4 is 11.9 Å². The first-order chi connectivity index (χ1) is 13.1. The molecule has 0 spiro atoms. The van der Waals surface area contributed by atoms with Gasteiger partial charge in [-0.25, -0.2) is 9.38 Å². The van der Waals surface area contributed by atoms with E-state index in [1.807, 2.05) is 6.92 Å². The number of nitrogens with one attached hydrogen (secondary N) is 1. The average Bonchev–Trinajstić information content (AvgIpc) is 2.70. The summed E-state index contributed by atoms with van der Waals surface area (Å²) in [6.07, 6.45) is 1.46. The summed E-state index contributed by atoms with van der Waals surface area (Å²) in [5, 5.41) is 3.28. The number of halogens is 1. The second-order valence-electron chi connectivity index (χ2n) is 6.62. The van der Waals surface area contributed by atoms with Gasteiger partial charge in [-0.15, -0.1) is 0 Å². The van der Waals surface area contributed by atoms with E-state index in [0.29, 0.717) is 30.0 Å². The van der Waals surface area contributed by atoms with Crippen LogP contribution in [-0.2, 0) is 27.4 Å². The van der Waals surface area contributed by atoms with Gasteiger partial charge in [-0.1, -0.05) is 0 Å². The molecular weight excluding hydrogens is 353 g/mol. The van der Waals surface area contributed by atoms with Crippen molar-refractivity contribution in [2.45, 2.75) is 32.9 Å². The summed E-state index contributed by atoms with van der Waals surface area (Å²) in [5.41, 5.74) is 1.41. The number of guanidine groups is 1. The fourth-order valence-corrected chi connectivity index (χ4v) is 3.45. The van der Waals surface area contributed by atoms with Crippen molar-refractivity contribution < 1.29 is 23.4 Å². The number of aliphatic imine (C=N–C) groups is 1. The number of likely N-dealkylation sites (tertiary alicyclic amines) is 1. The van der Waals surface area contributed by atoms with Gasteiger partial charge in [0.25, 0.3) is 0 Å². The average molecular weight is 379 g/mol. The molecule has 2 aliphatic heterocycles. The highest BCUT2D eigenvalue weighted by atomic mass is 19.1. The molecule has 2 heterocycles. The summed E-state index contributed by atoms with van der Waals surface area (Å²) in [6, 6.07) is 2.89. The zero-order valence-corrected chi connectivity index (χ0v) is 15.8. The zero-order chi connectivity index (χ0) is 19.2. The van der Waals surface area contributed by atoms with Crippen molar-refractivity contribution in [3.8, 4) is 5.75 Å². The Kier molecular flexibility index (Phi) is 6.49. The van der Waals surface area contributed by atoms with E-state index in [4.69, 9.17) is 14.2 Å². The molecular formula is C19H26FN3O4. The standard InChI is InChI=1S/C19H26FN3O4/c1-3-21-19(23-6-4-13(5-7-23)18(24)25-2)22-10-14-8-16(20)9-15-11-26-12-27-17(14)15/h8-9,13H,3-7,10-12H2,1-2H3,(H,21,22). The molecule has 0 aromatic heterocycles. The number of carbonyl (C=O) groups excluding carboxylic acids is 1. The molecule has 0 aliphatic carbocycles. The zero-order valence-electron chi connectivity index (χ0n) is 15.8. The van der Waals surface area contributed by atoms with Crippen LogP contribution >= 0.6 is 0 Å². The molecule has 2 aliphatic rings. The molecule has 0 unspecified atom stereocenters. The third kappa shape index (κ3) is 4.68. The number of fused-ring (bicyclic) bond motifs is 1. The van der Waals surface area contributed by atoms with E-state index in [1.54, 1.807) is 0 Å². The van der Waals surface area contributed by atoms with Crippen LogP contribution in [0.3, 0.4) is 0 Å². The Morgan fingerprint density at radius 3 is 2.89 bits per heavy atom. The molecule has 7 nitrogen and oxygen atoms in total. The Labute approximate surface area is 158 Å². The van der Waals surface area contributed by atoms with Crippen LogP contribution in [0.1, 0.15) is 30.9 Å². The lowest BCUT2D eigenvalue weighted by Crippen LogP contribution is -2.46. The fourth-order valence-electron chi connectivity index (χ4n) is 3.45. The molecule has 1 saturated heterocycles. The quantitative estimate of drug-likeness (QED) is 0.490. The SMILES string of the molecule is CCNC(=NCc1cc(F)cc2c1OCOC2)N1CCC(C(=O)OC)CC1. The first-order valence-electron chi connectivity index (χ1n) is 9.25. The number of ether oxygens (including phenoxy) is 3. The first kappa shape index (κ1) is 19.4. The Morgan fingerprint density at radius 2 is 2.19 bits per heavy atom. The van der Waals surface area contributed by atoms with Gasteiger partial charge in [0, 0.05) is 30.8 Å². The number of rotatable bonds is 4. The molecule has 27 heavy (non-hydrogen) atoms. The van der Waals surface area contributed by atoms with Crippen molar-refractivity contribution in [2.24, 2.45) is 10.9 Å². The third-order valence-corrected chi connectivity index (χ3v) is 4.81. The van der Waals surface area contributed by atoms with Gasteiger partial charge in [0.15, 0.2) is 12.8 Å². The predicted octanol–water partition coefficient (Wildman–Crippen LogP) is 2.04. The Bertz CT molecular complexity index is 702. The topological polar surface area (TPSA) is 72.4 Å². The second kappa shape index (κ2) is 9.03.